The summed E-state index contributed by atoms with van der Waals surface area (Å²) in [7, 11) is 4.14. The van der Waals surface area contributed by atoms with Crippen LogP contribution < -0.4 is 4.90 Å². The zero-order chi connectivity index (χ0) is 9.84. The fraction of sp³-hybridized carbons (Fsp3) is 0.333. The van der Waals surface area contributed by atoms with Crippen molar-refractivity contribution in [3.05, 3.63) is 35.9 Å². The van der Waals surface area contributed by atoms with Gasteiger partial charge in [-0.1, -0.05) is 37.8 Å². The van der Waals surface area contributed by atoms with Gasteiger partial charge in [0, 0.05) is 19.8 Å². The Hall–Kier alpha value is -1.24. The molecule has 0 bridgehead atoms. The largest absolute Gasteiger partial charge is 0.377 e. The molecule has 1 heteroatoms. The van der Waals surface area contributed by atoms with Crippen molar-refractivity contribution in [3.8, 4) is 0 Å². The predicted octanol–water partition coefficient (Wildman–Crippen LogP) is 2.96. The van der Waals surface area contributed by atoms with Gasteiger partial charge in [0.15, 0.2) is 0 Å². The van der Waals surface area contributed by atoms with Gasteiger partial charge >= 0.3 is 0 Å². The molecule has 0 saturated carbocycles. The molecule has 0 N–H and O–H groups in total. The van der Waals surface area contributed by atoms with E-state index in [1.165, 1.54) is 16.8 Å². The first-order valence-electron chi connectivity index (χ1n) is 4.62. The summed E-state index contributed by atoms with van der Waals surface area (Å²) in [6.45, 7) is 6.00. The van der Waals surface area contributed by atoms with Crippen LogP contribution in [-0.4, -0.2) is 14.1 Å². The van der Waals surface area contributed by atoms with E-state index in [0.717, 1.165) is 6.42 Å². The molecule has 0 atom stereocenters. The summed E-state index contributed by atoms with van der Waals surface area (Å²) in [4.78, 5) is 2.15. The highest BCUT2D eigenvalue weighted by molar-refractivity contribution is 5.69. The maximum Gasteiger partial charge on any atom is 0.0466 e. The molecule has 0 radical (unpaired) electrons. The van der Waals surface area contributed by atoms with Crippen molar-refractivity contribution >= 4 is 11.8 Å². The summed E-state index contributed by atoms with van der Waals surface area (Å²) >= 11 is 0. The molecule has 0 fully saturated rings. The number of benzene rings is 1. The standard InChI is InChI=1S/C12H17N/c1-5-10-8-7-9-11(6-2)12(10)13(3)4/h5,7-9H,1,6H2,2-4H3. The van der Waals surface area contributed by atoms with Gasteiger partial charge in [-0.05, 0) is 17.5 Å². The molecule has 1 aromatic rings. The lowest BCUT2D eigenvalue weighted by Crippen LogP contribution is -2.12. The summed E-state index contributed by atoms with van der Waals surface area (Å²) in [6.07, 6.45) is 2.98. The van der Waals surface area contributed by atoms with Crippen molar-refractivity contribution in [2.45, 2.75) is 13.3 Å². The van der Waals surface area contributed by atoms with Gasteiger partial charge in [-0.25, -0.2) is 0 Å². The quantitative estimate of drug-likeness (QED) is 0.682. The first kappa shape index (κ1) is 9.85. The zero-order valence-corrected chi connectivity index (χ0v) is 8.67. The summed E-state index contributed by atoms with van der Waals surface area (Å²) < 4.78 is 0. The van der Waals surface area contributed by atoms with Gasteiger partial charge in [0.1, 0.15) is 0 Å². The molecule has 0 aliphatic heterocycles. The lowest BCUT2D eigenvalue weighted by atomic mass is 10.0. The van der Waals surface area contributed by atoms with Crippen molar-refractivity contribution in [3.63, 3.8) is 0 Å². The third-order valence-electron chi connectivity index (χ3n) is 2.20. The van der Waals surface area contributed by atoms with E-state index in [1.807, 2.05) is 6.08 Å². The molecule has 0 unspecified atom stereocenters. The minimum absolute atomic E-state index is 1.06. The average molecular weight is 175 g/mol. The van der Waals surface area contributed by atoms with Crippen LogP contribution in [0.3, 0.4) is 0 Å². The van der Waals surface area contributed by atoms with Gasteiger partial charge < -0.3 is 4.90 Å². The lowest BCUT2D eigenvalue weighted by molar-refractivity contribution is 1.06. The Morgan fingerprint density at radius 3 is 2.54 bits per heavy atom. The molecule has 0 spiro atoms. The summed E-state index contributed by atoms with van der Waals surface area (Å²) in [5.41, 5.74) is 3.88. The fourth-order valence-corrected chi connectivity index (χ4v) is 1.61. The highest BCUT2D eigenvalue weighted by atomic mass is 15.1. The van der Waals surface area contributed by atoms with Crippen LogP contribution in [0.15, 0.2) is 24.8 Å². The number of hydrogen-bond donors (Lipinski definition) is 0. The molecule has 1 nitrogen and oxygen atoms in total. The monoisotopic (exact) mass is 175 g/mol. The molecular formula is C12H17N. The first-order chi connectivity index (χ1) is 6.20. The second kappa shape index (κ2) is 4.13. The van der Waals surface area contributed by atoms with E-state index in [4.69, 9.17) is 0 Å². The smallest absolute Gasteiger partial charge is 0.0466 e. The molecule has 0 amide bonds. The maximum atomic E-state index is 3.82. The number of aryl methyl sites for hydroxylation is 1. The Kier molecular flexibility index (Phi) is 3.13. The minimum Gasteiger partial charge on any atom is -0.377 e. The van der Waals surface area contributed by atoms with E-state index in [9.17, 15) is 0 Å². The molecule has 1 aromatic carbocycles. The van der Waals surface area contributed by atoms with Gasteiger partial charge in [-0.15, -0.1) is 0 Å². The number of rotatable bonds is 3. The van der Waals surface area contributed by atoms with Crippen LogP contribution >= 0.6 is 0 Å². The van der Waals surface area contributed by atoms with E-state index in [2.05, 4.69) is 50.7 Å². The van der Waals surface area contributed by atoms with Crippen LogP contribution in [0.2, 0.25) is 0 Å². The third-order valence-corrected chi connectivity index (χ3v) is 2.20. The number of anilines is 1. The van der Waals surface area contributed by atoms with E-state index in [-0.39, 0.29) is 0 Å². The molecular weight excluding hydrogens is 158 g/mol. The van der Waals surface area contributed by atoms with Crippen molar-refractivity contribution in [1.29, 1.82) is 0 Å². The Labute approximate surface area is 80.7 Å². The van der Waals surface area contributed by atoms with E-state index in [1.54, 1.807) is 0 Å². The molecule has 0 aliphatic carbocycles. The van der Waals surface area contributed by atoms with E-state index in [0.29, 0.717) is 0 Å². The van der Waals surface area contributed by atoms with E-state index < -0.39 is 0 Å². The normalized spacial score (nSPS) is 9.77. The highest BCUT2D eigenvalue weighted by Gasteiger charge is 2.05. The van der Waals surface area contributed by atoms with Crippen molar-refractivity contribution in [2.24, 2.45) is 0 Å². The van der Waals surface area contributed by atoms with Gasteiger partial charge in [0.05, 0.1) is 0 Å². The summed E-state index contributed by atoms with van der Waals surface area (Å²) in [6, 6.07) is 6.35. The maximum absolute atomic E-state index is 3.82. The Bertz CT molecular complexity index is 300. The second-order valence-electron chi connectivity index (χ2n) is 3.31. The van der Waals surface area contributed by atoms with Gasteiger partial charge in [0.2, 0.25) is 0 Å². The van der Waals surface area contributed by atoms with Gasteiger partial charge in [-0.3, -0.25) is 0 Å². The second-order valence-corrected chi connectivity index (χ2v) is 3.31. The molecule has 1 rings (SSSR count). The third kappa shape index (κ3) is 1.92. The van der Waals surface area contributed by atoms with Gasteiger partial charge in [-0.2, -0.15) is 0 Å². The van der Waals surface area contributed by atoms with Crippen molar-refractivity contribution < 1.29 is 0 Å². The Morgan fingerprint density at radius 1 is 1.38 bits per heavy atom. The first-order valence-corrected chi connectivity index (χ1v) is 4.62. The predicted molar refractivity (Wildman–Crippen MR) is 60.2 cm³/mol. The van der Waals surface area contributed by atoms with Crippen LogP contribution in [0.4, 0.5) is 5.69 Å². The molecule has 0 aliphatic rings. The highest BCUT2D eigenvalue weighted by Crippen LogP contribution is 2.25. The number of hydrogen-bond acceptors (Lipinski definition) is 1. The number of nitrogens with zero attached hydrogens (tertiary/aromatic N) is 1. The molecule has 13 heavy (non-hydrogen) atoms. The molecule has 0 heterocycles. The Morgan fingerprint density at radius 2 is 2.08 bits per heavy atom. The zero-order valence-electron chi connectivity index (χ0n) is 8.67. The minimum atomic E-state index is 1.06. The molecule has 70 valence electrons. The SMILES string of the molecule is C=Cc1cccc(CC)c1N(C)C. The van der Waals surface area contributed by atoms with Crippen LogP contribution in [0, 0.1) is 0 Å². The van der Waals surface area contributed by atoms with Crippen LogP contribution in [0.1, 0.15) is 18.1 Å². The van der Waals surface area contributed by atoms with Gasteiger partial charge in [0.25, 0.3) is 0 Å². The van der Waals surface area contributed by atoms with E-state index >= 15 is 0 Å². The lowest BCUT2D eigenvalue weighted by Gasteiger charge is -2.19. The average Bonchev–Trinajstić information content (AvgIpc) is 2.16. The topological polar surface area (TPSA) is 3.24 Å². The molecule has 0 aromatic heterocycles. The van der Waals surface area contributed by atoms with Crippen LogP contribution in [0.25, 0.3) is 6.08 Å². The summed E-state index contributed by atoms with van der Waals surface area (Å²) in [5.74, 6) is 0. The fourth-order valence-electron chi connectivity index (χ4n) is 1.61. The Balaban J connectivity index is 3.29. The molecule has 0 saturated heterocycles. The summed E-state index contributed by atoms with van der Waals surface area (Å²) in [5, 5.41) is 0. The number of para-hydroxylation sites is 1. The van der Waals surface area contributed by atoms with Crippen molar-refractivity contribution in [1.82, 2.24) is 0 Å². The van der Waals surface area contributed by atoms with Crippen molar-refractivity contribution in [2.75, 3.05) is 19.0 Å². The van der Waals surface area contributed by atoms with Crippen LogP contribution in [0.5, 0.6) is 0 Å². The van der Waals surface area contributed by atoms with Crippen LogP contribution in [-0.2, 0) is 6.42 Å².